The zero-order chi connectivity index (χ0) is 14.7. The predicted octanol–water partition coefficient (Wildman–Crippen LogP) is 0.306. The Kier molecular flexibility index (Phi) is 2.78. The average molecular weight is 298 g/mol. The van der Waals surface area contributed by atoms with E-state index in [2.05, 4.69) is 0 Å². The number of pyridine rings is 1. The average Bonchev–Trinajstić information content (AvgIpc) is 2.72. The second kappa shape index (κ2) is 4.17. The Bertz CT molecular complexity index is 695. The molecule has 2 aliphatic heterocycles. The molecule has 0 spiro atoms. The van der Waals surface area contributed by atoms with Gasteiger partial charge < -0.3 is 14.4 Å². The molecule has 0 radical (unpaired) electrons. The Hall–Kier alpha value is -1.66. The Balaban J connectivity index is 2.31. The molecule has 1 N–H and O–H groups in total. The van der Waals surface area contributed by atoms with Gasteiger partial charge in [0, 0.05) is 5.56 Å². The van der Waals surface area contributed by atoms with Crippen molar-refractivity contribution in [3.63, 3.8) is 0 Å². The number of fused-ring (bicyclic) bond motifs is 2. The van der Waals surface area contributed by atoms with Gasteiger partial charge in [0.1, 0.15) is 12.0 Å². The molecular formula is C13H12ClNO5. The van der Waals surface area contributed by atoms with E-state index in [-0.39, 0.29) is 42.2 Å². The molecule has 0 bridgehead atoms. The van der Waals surface area contributed by atoms with Gasteiger partial charge in [0.05, 0.1) is 17.8 Å². The number of hydrogen-bond donors (Lipinski definition) is 1. The second-order valence-electron chi connectivity index (χ2n) is 4.96. The van der Waals surface area contributed by atoms with E-state index < -0.39 is 22.5 Å². The fraction of sp³-hybridized carbons (Fsp3) is 0.462. The second-order valence-corrected chi connectivity index (χ2v) is 5.49. The number of ether oxygens (including phenoxy) is 1. The number of cyclic esters (lactones) is 1. The van der Waals surface area contributed by atoms with Crippen LogP contribution in [0.15, 0.2) is 10.9 Å². The summed E-state index contributed by atoms with van der Waals surface area (Å²) in [6.07, 6.45) is 0.0558. The SMILES string of the molecule is CC[C@@]1(O)C(=O)OCc2c1cc1n(c2=O)C[C@H](Cl)C1=O. The molecule has 1 aromatic heterocycles. The van der Waals surface area contributed by atoms with E-state index in [0.29, 0.717) is 0 Å². The van der Waals surface area contributed by atoms with Gasteiger partial charge >= 0.3 is 5.97 Å². The summed E-state index contributed by atoms with van der Waals surface area (Å²) < 4.78 is 6.16. The maximum absolute atomic E-state index is 12.4. The zero-order valence-electron chi connectivity index (χ0n) is 10.7. The predicted molar refractivity (Wildman–Crippen MR) is 68.7 cm³/mol. The number of halogens is 1. The van der Waals surface area contributed by atoms with Crippen LogP contribution in [0.5, 0.6) is 0 Å². The molecule has 106 valence electrons. The molecule has 7 heteroatoms. The zero-order valence-corrected chi connectivity index (χ0v) is 11.4. The van der Waals surface area contributed by atoms with Gasteiger partial charge in [0.15, 0.2) is 11.4 Å². The van der Waals surface area contributed by atoms with Crippen molar-refractivity contribution in [2.75, 3.05) is 0 Å². The number of alkyl halides is 1. The van der Waals surface area contributed by atoms with Crippen LogP contribution >= 0.6 is 11.6 Å². The molecule has 0 saturated heterocycles. The third-order valence-corrected chi connectivity index (χ3v) is 4.26. The van der Waals surface area contributed by atoms with Gasteiger partial charge in [0.2, 0.25) is 0 Å². The number of hydrogen-bond acceptors (Lipinski definition) is 5. The van der Waals surface area contributed by atoms with Crippen LogP contribution < -0.4 is 5.56 Å². The van der Waals surface area contributed by atoms with Gasteiger partial charge in [-0.05, 0) is 12.5 Å². The number of ketones is 1. The van der Waals surface area contributed by atoms with Crippen molar-refractivity contribution in [1.29, 1.82) is 0 Å². The lowest BCUT2D eigenvalue weighted by molar-refractivity contribution is -0.172. The summed E-state index contributed by atoms with van der Waals surface area (Å²) >= 11 is 5.87. The van der Waals surface area contributed by atoms with Crippen LogP contribution in [0.2, 0.25) is 0 Å². The highest BCUT2D eigenvalue weighted by atomic mass is 35.5. The lowest BCUT2D eigenvalue weighted by Gasteiger charge is -2.31. The van der Waals surface area contributed by atoms with Crippen molar-refractivity contribution in [3.05, 3.63) is 33.2 Å². The Morgan fingerprint density at radius 2 is 2.20 bits per heavy atom. The van der Waals surface area contributed by atoms with Gasteiger partial charge in [-0.15, -0.1) is 11.6 Å². The van der Waals surface area contributed by atoms with Crippen molar-refractivity contribution in [1.82, 2.24) is 4.57 Å². The van der Waals surface area contributed by atoms with E-state index in [1.54, 1.807) is 6.92 Å². The highest BCUT2D eigenvalue weighted by molar-refractivity contribution is 6.34. The van der Waals surface area contributed by atoms with Gasteiger partial charge in [-0.25, -0.2) is 4.79 Å². The number of rotatable bonds is 1. The molecule has 3 heterocycles. The van der Waals surface area contributed by atoms with E-state index in [1.807, 2.05) is 0 Å². The third kappa shape index (κ3) is 1.52. The molecular weight excluding hydrogens is 286 g/mol. The normalized spacial score (nSPS) is 28.1. The van der Waals surface area contributed by atoms with Crippen LogP contribution in [0.3, 0.4) is 0 Å². The summed E-state index contributed by atoms with van der Waals surface area (Å²) in [5, 5.41) is 9.65. The molecule has 3 rings (SSSR count). The number of aromatic nitrogens is 1. The Morgan fingerprint density at radius 1 is 1.50 bits per heavy atom. The van der Waals surface area contributed by atoms with Crippen molar-refractivity contribution < 1.29 is 19.4 Å². The summed E-state index contributed by atoms with van der Waals surface area (Å²) in [4.78, 5) is 36.1. The minimum Gasteiger partial charge on any atom is -0.458 e. The molecule has 2 atom stereocenters. The summed E-state index contributed by atoms with van der Waals surface area (Å²) in [5.74, 6) is -1.17. The minimum atomic E-state index is -1.88. The molecule has 0 saturated carbocycles. The maximum atomic E-state index is 12.4. The molecule has 0 amide bonds. The first kappa shape index (κ1) is 13.3. The molecule has 0 unspecified atom stereocenters. The van der Waals surface area contributed by atoms with Crippen molar-refractivity contribution in [3.8, 4) is 0 Å². The van der Waals surface area contributed by atoms with Crippen molar-refractivity contribution in [2.45, 2.75) is 37.5 Å². The van der Waals surface area contributed by atoms with Crippen LogP contribution in [0.25, 0.3) is 0 Å². The third-order valence-electron chi connectivity index (χ3n) is 3.92. The lowest BCUT2D eigenvalue weighted by Crippen LogP contribution is -2.44. The van der Waals surface area contributed by atoms with Crippen molar-refractivity contribution >= 4 is 23.4 Å². The lowest BCUT2D eigenvalue weighted by atomic mass is 9.86. The van der Waals surface area contributed by atoms with Gasteiger partial charge in [-0.1, -0.05) is 6.92 Å². The standard InChI is InChI=1S/C13H12ClNO5/c1-2-13(19)7-3-9-10(16)8(14)4-15(9)11(17)6(7)5-20-12(13)18/h3,8,19H,2,4-5H2,1H3/t8-,13-/m0/s1. The summed E-state index contributed by atoms with van der Waals surface area (Å²) in [7, 11) is 0. The van der Waals surface area contributed by atoms with Gasteiger partial charge in [-0.2, -0.15) is 0 Å². The van der Waals surface area contributed by atoms with Crippen LogP contribution in [0.1, 0.15) is 35.0 Å². The molecule has 0 fully saturated rings. The van der Waals surface area contributed by atoms with Crippen LogP contribution in [-0.4, -0.2) is 26.8 Å². The quantitative estimate of drug-likeness (QED) is 0.595. The van der Waals surface area contributed by atoms with Gasteiger partial charge in [0.25, 0.3) is 5.56 Å². The Labute approximate surface area is 118 Å². The van der Waals surface area contributed by atoms with Crippen molar-refractivity contribution in [2.24, 2.45) is 0 Å². The number of Topliss-reactive ketones (excluding diaryl/α,β-unsaturated/α-hetero) is 1. The number of carbonyl (C=O) groups excluding carboxylic acids is 2. The first-order valence-corrected chi connectivity index (χ1v) is 6.69. The summed E-state index contributed by atoms with van der Waals surface area (Å²) in [6, 6.07) is 1.39. The topological polar surface area (TPSA) is 85.6 Å². The van der Waals surface area contributed by atoms with E-state index in [9.17, 15) is 19.5 Å². The maximum Gasteiger partial charge on any atom is 0.343 e. The fourth-order valence-corrected chi connectivity index (χ4v) is 2.94. The number of carbonyl (C=O) groups is 2. The molecule has 0 aliphatic carbocycles. The molecule has 6 nitrogen and oxygen atoms in total. The molecule has 2 aliphatic rings. The first-order valence-electron chi connectivity index (χ1n) is 6.25. The Morgan fingerprint density at radius 3 is 2.85 bits per heavy atom. The number of aliphatic hydroxyl groups is 1. The van der Waals surface area contributed by atoms with E-state index in [0.717, 1.165) is 0 Å². The fourth-order valence-electron chi connectivity index (χ4n) is 2.69. The van der Waals surface area contributed by atoms with E-state index in [1.165, 1.54) is 10.6 Å². The molecule has 1 aromatic rings. The minimum absolute atomic E-state index is 0.0558. The van der Waals surface area contributed by atoms with Crippen LogP contribution in [0.4, 0.5) is 0 Å². The smallest absolute Gasteiger partial charge is 0.343 e. The largest absolute Gasteiger partial charge is 0.458 e. The molecule has 20 heavy (non-hydrogen) atoms. The highest BCUT2D eigenvalue weighted by Gasteiger charge is 2.46. The first-order chi connectivity index (χ1) is 9.40. The number of nitrogens with zero attached hydrogens (tertiary/aromatic N) is 1. The van der Waals surface area contributed by atoms with E-state index >= 15 is 0 Å². The monoisotopic (exact) mass is 297 g/mol. The summed E-state index contributed by atoms with van der Waals surface area (Å²) in [5.41, 5.74) is -1.82. The molecule has 0 aromatic carbocycles. The van der Waals surface area contributed by atoms with Crippen LogP contribution in [0, 0.1) is 0 Å². The summed E-state index contributed by atoms with van der Waals surface area (Å²) in [6.45, 7) is 1.50. The number of esters is 1. The van der Waals surface area contributed by atoms with E-state index in [4.69, 9.17) is 16.3 Å². The van der Waals surface area contributed by atoms with Gasteiger partial charge in [-0.3, -0.25) is 9.59 Å². The van der Waals surface area contributed by atoms with Crippen LogP contribution in [-0.2, 0) is 28.3 Å². The highest BCUT2D eigenvalue weighted by Crippen LogP contribution is 2.34.